The number of aliphatic imine (C=N–C) groups is 1. The minimum Gasteiger partial charge on any atom is -0.396 e. The first-order chi connectivity index (χ1) is 11.1. The molecule has 1 spiro atoms. The molecule has 5 nitrogen and oxygen atoms in total. The fourth-order valence-electron chi connectivity index (χ4n) is 3.06. The van der Waals surface area contributed by atoms with Gasteiger partial charge in [-0.3, -0.25) is 9.71 Å². The molecule has 1 heterocycles. The first-order valence-electron chi connectivity index (χ1n) is 7.97. The third-order valence-corrected chi connectivity index (χ3v) is 5.09. The molecule has 3 rings (SSSR count). The SMILES string of the molecule is CCN=C(NSc1ccc(N)c(F)c1)N1CC2(C=N1)CCCC2. The average Bonchev–Trinajstić information content (AvgIpc) is 3.17. The van der Waals surface area contributed by atoms with Crippen LogP contribution in [0.2, 0.25) is 0 Å². The molecular weight excluding hydrogens is 313 g/mol. The van der Waals surface area contributed by atoms with E-state index in [1.807, 2.05) is 11.9 Å². The number of halogens is 1. The maximum absolute atomic E-state index is 13.5. The molecular formula is C16H22FN5S. The number of nitrogen functional groups attached to an aromatic ring is 1. The molecule has 0 radical (unpaired) electrons. The third kappa shape index (κ3) is 3.60. The number of hydrazone groups is 1. The number of guanidine groups is 1. The maximum Gasteiger partial charge on any atom is 0.225 e. The molecule has 1 aromatic carbocycles. The second-order valence-electron chi connectivity index (χ2n) is 6.06. The smallest absolute Gasteiger partial charge is 0.225 e. The normalized spacial score (nSPS) is 19.7. The van der Waals surface area contributed by atoms with Gasteiger partial charge in [0.05, 0.1) is 12.2 Å². The summed E-state index contributed by atoms with van der Waals surface area (Å²) in [6, 6.07) is 4.77. The zero-order chi connectivity index (χ0) is 16.3. The van der Waals surface area contributed by atoms with Crippen molar-refractivity contribution in [2.75, 3.05) is 18.8 Å². The van der Waals surface area contributed by atoms with Crippen molar-refractivity contribution in [2.24, 2.45) is 15.5 Å². The number of benzene rings is 1. The summed E-state index contributed by atoms with van der Waals surface area (Å²) in [5.74, 6) is 0.310. The minimum atomic E-state index is -0.408. The zero-order valence-corrected chi connectivity index (χ0v) is 14.1. The van der Waals surface area contributed by atoms with Crippen molar-refractivity contribution < 1.29 is 4.39 Å². The Morgan fingerprint density at radius 3 is 2.96 bits per heavy atom. The van der Waals surface area contributed by atoms with Crippen LogP contribution in [-0.4, -0.2) is 30.3 Å². The third-order valence-electron chi connectivity index (χ3n) is 4.32. The van der Waals surface area contributed by atoms with Crippen molar-refractivity contribution in [1.82, 2.24) is 9.73 Å². The Balaban J connectivity index is 1.65. The average molecular weight is 335 g/mol. The van der Waals surface area contributed by atoms with E-state index in [0.29, 0.717) is 6.54 Å². The van der Waals surface area contributed by atoms with E-state index in [1.165, 1.54) is 43.7 Å². The standard InChI is InChI=1S/C16H22FN5S/c1-2-19-15(21-23-12-5-6-14(18)13(17)9-12)22-11-16(10-20-22)7-3-4-8-16/h5-6,9-10H,2-4,7-8,11,18H2,1H3,(H,19,21). The van der Waals surface area contributed by atoms with Crippen LogP contribution in [0.5, 0.6) is 0 Å². The Bertz CT molecular complexity index is 625. The molecule has 1 fully saturated rings. The quantitative estimate of drug-likeness (QED) is 0.385. The highest BCUT2D eigenvalue weighted by Gasteiger charge is 2.39. The van der Waals surface area contributed by atoms with Gasteiger partial charge in [-0.25, -0.2) is 9.40 Å². The molecule has 1 aliphatic carbocycles. The van der Waals surface area contributed by atoms with Gasteiger partial charge in [-0.15, -0.1) is 0 Å². The predicted molar refractivity (Wildman–Crippen MR) is 93.9 cm³/mol. The lowest BCUT2D eigenvalue weighted by molar-refractivity contribution is 0.342. The van der Waals surface area contributed by atoms with Crippen molar-refractivity contribution in [1.29, 1.82) is 0 Å². The van der Waals surface area contributed by atoms with Gasteiger partial charge in [-0.2, -0.15) is 5.10 Å². The molecule has 3 N–H and O–H groups in total. The lowest BCUT2D eigenvalue weighted by atomic mass is 9.88. The van der Waals surface area contributed by atoms with Crippen LogP contribution >= 0.6 is 11.9 Å². The van der Waals surface area contributed by atoms with Gasteiger partial charge < -0.3 is 5.73 Å². The van der Waals surface area contributed by atoms with Crippen LogP contribution < -0.4 is 10.5 Å². The van der Waals surface area contributed by atoms with Crippen LogP contribution in [0.15, 0.2) is 33.2 Å². The van der Waals surface area contributed by atoms with Crippen LogP contribution in [0.4, 0.5) is 10.1 Å². The summed E-state index contributed by atoms with van der Waals surface area (Å²) < 4.78 is 16.7. The van der Waals surface area contributed by atoms with E-state index in [0.717, 1.165) is 17.4 Å². The van der Waals surface area contributed by atoms with Crippen LogP contribution in [0.1, 0.15) is 32.6 Å². The van der Waals surface area contributed by atoms with Crippen molar-refractivity contribution in [2.45, 2.75) is 37.5 Å². The Kier molecular flexibility index (Phi) is 4.75. The highest BCUT2D eigenvalue weighted by Crippen LogP contribution is 2.40. The van der Waals surface area contributed by atoms with E-state index >= 15 is 0 Å². The van der Waals surface area contributed by atoms with Crippen molar-refractivity contribution in [3.05, 3.63) is 24.0 Å². The maximum atomic E-state index is 13.5. The predicted octanol–water partition coefficient (Wildman–Crippen LogP) is 3.24. The monoisotopic (exact) mass is 335 g/mol. The first kappa shape index (κ1) is 16.1. The van der Waals surface area contributed by atoms with Gasteiger partial charge in [-0.1, -0.05) is 12.8 Å². The summed E-state index contributed by atoms with van der Waals surface area (Å²) in [5.41, 5.74) is 5.88. The Morgan fingerprint density at radius 2 is 2.26 bits per heavy atom. The first-order valence-corrected chi connectivity index (χ1v) is 8.78. The van der Waals surface area contributed by atoms with Crippen molar-refractivity contribution >= 4 is 29.8 Å². The van der Waals surface area contributed by atoms with E-state index < -0.39 is 5.82 Å². The van der Waals surface area contributed by atoms with Crippen LogP contribution in [0.3, 0.4) is 0 Å². The molecule has 0 saturated heterocycles. The highest BCUT2D eigenvalue weighted by atomic mass is 32.2. The van der Waals surface area contributed by atoms with Crippen molar-refractivity contribution in [3.63, 3.8) is 0 Å². The van der Waals surface area contributed by atoms with Crippen LogP contribution in [0, 0.1) is 11.2 Å². The summed E-state index contributed by atoms with van der Waals surface area (Å²) in [5, 5.41) is 6.47. The molecule has 0 atom stereocenters. The molecule has 124 valence electrons. The molecule has 1 aliphatic heterocycles. The summed E-state index contributed by atoms with van der Waals surface area (Å²) >= 11 is 1.32. The van der Waals surface area contributed by atoms with Gasteiger partial charge >= 0.3 is 0 Å². The molecule has 0 unspecified atom stereocenters. The lowest BCUT2D eigenvalue weighted by Crippen LogP contribution is -2.37. The number of hydrogen-bond donors (Lipinski definition) is 2. The van der Waals surface area contributed by atoms with Crippen LogP contribution in [-0.2, 0) is 0 Å². The van der Waals surface area contributed by atoms with Crippen molar-refractivity contribution in [3.8, 4) is 0 Å². The summed E-state index contributed by atoms with van der Waals surface area (Å²) in [6.07, 6.45) is 7.02. The van der Waals surface area contributed by atoms with Gasteiger partial charge in [0.1, 0.15) is 5.82 Å². The lowest BCUT2D eigenvalue weighted by Gasteiger charge is -2.23. The van der Waals surface area contributed by atoms with E-state index in [2.05, 4.69) is 21.0 Å². The zero-order valence-electron chi connectivity index (χ0n) is 13.3. The number of rotatable bonds is 3. The minimum absolute atomic E-state index is 0.157. The molecule has 23 heavy (non-hydrogen) atoms. The molecule has 0 bridgehead atoms. The van der Waals surface area contributed by atoms with E-state index in [4.69, 9.17) is 5.73 Å². The van der Waals surface area contributed by atoms with Gasteiger partial charge in [0.15, 0.2) is 0 Å². The number of nitrogens with two attached hydrogens (primary N) is 1. The van der Waals surface area contributed by atoms with Gasteiger partial charge in [0.2, 0.25) is 5.96 Å². The van der Waals surface area contributed by atoms with Gasteiger partial charge in [-0.05, 0) is 49.9 Å². The highest BCUT2D eigenvalue weighted by molar-refractivity contribution is 7.98. The number of nitrogens with one attached hydrogen (secondary N) is 1. The van der Waals surface area contributed by atoms with Gasteiger partial charge in [0.25, 0.3) is 0 Å². The summed E-state index contributed by atoms with van der Waals surface area (Å²) in [7, 11) is 0. The van der Waals surface area contributed by atoms with Crippen LogP contribution in [0.25, 0.3) is 0 Å². The fourth-order valence-corrected chi connectivity index (χ4v) is 3.74. The second kappa shape index (κ2) is 6.78. The second-order valence-corrected chi connectivity index (χ2v) is 6.94. The molecule has 7 heteroatoms. The Labute approximate surface area is 140 Å². The summed E-state index contributed by atoms with van der Waals surface area (Å²) in [4.78, 5) is 5.24. The molecule has 0 amide bonds. The van der Waals surface area contributed by atoms with E-state index in [1.54, 1.807) is 12.1 Å². The molecule has 0 aromatic heterocycles. The largest absolute Gasteiger partial charge is 0.396 e. The Morgan fingerprint density at radius 1 is 1.48 bits per heavy atom. The van der Waals surface area contributed by atoms with E-state index in [-0.39, 0.29) is 11.1 Å². The Hall–Kier alpha value is -1.76. The fraction of sp³-hybridized carbons (Fsp3) is 0.500. The molecule has 1 saturated carbocycles. The number of nitrogens with zero attached hydrogens (tertiary/aromatic N) is 3. The number of hydrogen-bond acceptors (Lipinski definition) is 4. The molecule has 1 aromatic rings. The van der Waals surface area contributed by atoms with E-state index in [9.17, 15) is 4.39 Å². The topological polar surface area (TPSA) is 66.0 Å². The summed E-state index contributed by atoms with van der Waals surface area (Å²) in [6.45, 7) is 3.52. The molecule has 2 aliphatic rings. The number of anilines is 1. The van der Waals surface area contributed by atoms with Gasteiger partial charge in [0, 0.05) is 23.1 Å².